The SMILES string of the molecule is Cc1ccn2nc(NCc3cc(C)on3)nc2c1. The van der Waals surface area contributed by atoms with Crippen molar-refractivity contribution >= 4 is 11.6 Å². The van der Waals surface area contributed by atoms with Crippen LogP contribution in [0.3, 0.4) is 0 Å². The highest BCUT2D eigenvalue weighted by molar-refractivity contribution is 5.45. The number of aryl methyl sites for hydroxylation is 2. The van der Waals surface area contributed by atoms with Crippen LogP contribution in [-0.4, -0.2) is 19.8 Å². The summed E-state index contributed by atoms with van der Waals surface area (Å²) in [5, 5.41) is 11.3. The van der Waals surface area contributed by atoms with Crippen molar-refractivity contribution in [2.45, 2.75) is 20.4 Å². The lowest BCUT2D eigenvalue weighted by Crippen LogP contribution is -2.01. The van der Waals surface area contributed by atoms with Gasteiger partial charge in [0.15, 0.2) is 5.65 Å². The van der Waals surface area contributed by atoms with Crippen LogP contribution in [0.4, 0.5) is 5.95 Å². The van der Waals surface area contributed by atoms with Crippen LogP contribution in [0.15, 0.2) is 28.9 Å². The first-order chi connectivity index (χ1) is 8.70. The summed E-state index contributed by atoms with van der Waals surface area (Å²) >= 11 is 0. The summed E-state index contributed by atoms with van der Waals surface area (Å²) in [6.45, 7) is 4.44. The second-order valence-corrected chi connectivity index (χ2v) is 4.22. The van der Waals surface area contributed by atoms with Crippen molar-refractivity contribution in [1.29, 1.82) is 0 Å². The number of anilines is 1. The molecule has 0 spiro atoms. The van der Waals surface area contributed by atoms with Crippen molar-refractivity contribution in [3.8, 4) is 0 Å². The average Bonchev–Trinajstić information content (AvgIpc) is 2.92. The van der Waals surface area contributed by atoms with Crippen LogP contribution in [0.1, 0.15) is 17.0 Å². The van der Waals surface area contributed by atoms with Crippen molar-refractivity contribution < 1.29 is 4.52 Å². The Morgan fingerprint density at radius 1 is 1.33 bits per heavy atom. The summed E-state index contributed by atoms with van der Waals surface area (Å²) in [7, 11) is 0. The van der Waals surface area contributed by atoms with Crippen molar-refractivity contribution in [3.63, 3.8) is 0 Å². The number of pyridine rings is 1. The zero-order chi connectivity index (χ0) is 12.5. The second-order valence-electron chi connectivity index (χ2n) is 4.22. The molecule has 3 aromatic heterocycles. The van der Waals surface area contributed by atoms with Gasteiger partial charge in [0.2, 0.25) is 5.95 Å². The zero-order valence-electron chi connectivity index (χ0n) is 10.2. The molecule has 0 aliphatic heterocycles. The molecule has 0 saturated carbocycles. The van der Waals surface area contributed by atoms with E-state index in [1.807, 2.05) is 38.2 Å². The first-order valence-electron chi connectivity index (χ1n) is 5.70. The Kier molecular flexibility index (Phi) is 2.47. The molecule has 6 nitrogen and oxygen atoms in total. The first kappa shape index (κ1) is 10.8. The Labute approximate surface area is 104 Å². The standard InChI is InChI=1S/C12H13N5O/c1-8-3-4-17-11(5-8)14-12(15-17)13-7-10-6-9(2)18-16-10/h3-6H,7H2,1-2H3,(H,13,15). The summed E-state index contributed by atoms with van der Waals surface area (Å²) in [5.41, 5.74) is 2.82. The number of rotatable bonds is 3. The maximum Gasteiger partial charge on any atom is 0.243 e. The third kappa shape index (κ3) is 2.04. The predicted molar refractivity (Wildman–Crippen MR) is 66.3 cm³/mol. The average molecular weight is 243 g/mol. The zero-order valence-corrected chi connectivity index (χ0v) is 10.2. The Bertz CT molecular complexity index is 685. The van der Waals surface area contributed by atoms with Crippen molar-refractivity contribution in [3.05, 3.63) is 41.4 Å². The van der Waals surface area contributed by atoms with Gasteiger partial charge in [-0.25, -0.2) is 4.52 Å². The normalized spacial score (nSPS) is 11.0. The lowest BCUT2D eigenvalue weighted by Gasteiger charge is -1.95. The number of nitrogens with one attached hydrogen (secondary N) is 1. The van der Waals surface area contributed by atoms with Gasteiger partial charge in [0.1, 0.15) is 11.5 Å². The fourth-order valence-electron chi connectivity index (χ4n) is 1.73. The molecule has 0 unspecified atom stereocenters. The third-order valence-electron chi connectivity index (χ3n) is 2.60. The van der Waals surface area contributed by atoms with Crippen LogP contribution in [0, 0.1) is 13.8 Å². The number of hydrogen-bond acceptors (Lipinski definition) is 5. The molecule has 3 aromatic rings. The van der Waals surface area contributed by atoms with Gasteiger partial charge in [-0.15, -0.1) is 5.10 Å². The van der Waals surface area contributed by atoms with Gasteiger partial charge in [0.25, 0.3) is 0 Å². The number of aromatic nitrogens is 4. The summed E-state index contributed by atoms with van der Waals surface area (Å²) < 4.78 is 6.73. The summed E-state index contributed by atoms with van der Waals surface area (Å²) in [6.07, 6.45) is 1.89. The minimum atomic E-state index is 0.549. The molecule has 1 N–H and O–H groups in total. The fraction of sp³-hybridized carbons (Fsp3) is 0.250. The van der Waals surface area contributed by atoms with E-state index in [0.29, 0.717) is 12.5 Å². The minimum absolute atomic E-state index is 0.549. The van der Waals surface area contributed by atoms with Crippen molar-refractivity contribution in [2.75, 3.05) is 5.32 Å². The molecule has 3 heterocycles. The third-order valence-corrected chi connectivity index (χ3v) is 2.60. The predicted octanol–water partition coefficient (Wildman–Crippen LogP) is 1.95. The monoisotopic (exact) mass is 243 g/mol. The van der Waals surface area contributed by atoms with Crippen LogP contribution in [0.2, 0.25) is 0 Å². The van der Waals surface area contributed by atoms with E-state index in [-0.39, 0.29) is 0 Å². The molecular weight excluding hydrogens is 230 g/mol. The minimum Gasteiger partial charge on any atom is -0.361 e. The smallest absolute Gasteiger partial charge is 0.243 e. The molecule has 0 saturated heterocycles. The molecule has 0 amide bonds. The number of nitrogens with zero attached hydrogens (tertiary/aromatic N) is 4. The van der Waals surface area contributed by atoms with Crippen LogP contribution < -0.4 is 5.32 Å². The summed E-state index contributed by atoms with van der Waals surface area (Å²) in [4.78, 5) is 4.38. The number of hydrogen-bond donors (Lipinski definition) is 1. The van der Waals surface area contributed by atoms with Crippen LogP contribution in [-0.2, 0) is 6.54 Å². The molecule has 0 aromatic carbocycles. The van der Waals surface area contributed by atoms with Crippen LogP contribution in [0.5, 0.6) is 0 Å². The van der Waals surface area contributed by atoms with Gasteiger partial charge in [-0.1, -0.05) is 5.16 Å². The van der Waals surface area contributed by atoms with Gasteiger partial charge in [0, 0.05) is 12.3 Å². The van der Waals surface area contributed by atoms with Gasteiger partial charge < -0.3 is 9.84 Å². The topological polar surface area (TPSA) is 68.2 Å². The molecule has 0 fully saturated rings. The van der Waals surface area contributed by atoms with Gasteiger partial charge in [0.05, 0.1) is 6.54 Å². The van der Waals surface area contributed by atoms with Crippen molar-refractivity contribution in [2.24, 2.45) is 0 Å². The van der Waals surface area contributed by atoms with E-state index in [9.17, 15) is 0 Å². The molecule has 6 heteroatoms. The molecule has 0 aliphatic rings. The largest absolute Gasteiger partial charge is 0.361 e. The molecule has 92 valence electrons. The van der Waals surface area contributed by atoms with E-state index in [1.54, 1.807) is 4.52 Å². The van der Waals surface area contributed by atoms with Crippen molar-refractivity contribution in [1.82, 2.24) is 19.8 Å². The number of fused-ring (bicyclic) bond motifs is 1. The molecular formula is C12H13N5O. The summed E-state index contributed by atoms with van der Waals surface area (Å²) in [5.74, 6) is 1.38. The van der Waals surface area contributed by atoms with E-state index in [1.165, 1.54) is 0 Å². The Balaban J connectivity index is 1.78. The van der Waals surface area contributed by atoms with E-state index in [2.05, 4.69) is 20.6 Å². The highest BCUT2D eigenvalue weighted by Crippen LogP contribution is 2.09. The molecule has 0 radical (unpaired) electrons. The first-order valence-corrected chi connectivity index (χ1v) is 5.70. The van der Waals surface area contributed by atoms with E-state index >= 15 is 0 Å². The second kappa shape index (κ2) is 4.14. The Morgan fingerprint density at radius 3 is 3.00 bits per heavy atom. The maximum absolute atomic E-state index is 4.99. The molecule has 0 aliphatic carbocycles. The van der Waals surface area contributed by atoms with E-state index in [4.69, 9.17) is 4.52 Å². The quantitative estimate of drug-likeness (QED) is 0.761. The van der Waals surface area contributed by atoms with Gasteiger partial charge in [-0.05, 0) is 31.5 Å². The van der Waals surface area contributed by atoms with Crippen LogP contribution >= 0.6 is 0 Å². The van der Waals surface area contributed by atoms with Gasteiger partial charge >= 0.3 is 0 Å². The molecule has 3 rings (SSSR count). The van der Waals surface area contributed by atoms with Gasteiger partial charge in [-0.2, -0.15) is 4.98 Å². The highest BCUT2D eigenvalue weighted by atomic mass is 16.5. The Hall–Kier alpha value is -2.37. The highest BCUT2D eigenvalue weighted by Gasteiger charge is 2.05. The molecule has 0 atom stereocenters. The lowest BCUT2D eigenvalue weighted by atomic mass is 10.3. The summed E-state index contributed by atoms with van der Waals surface area (Å²) in [6, 6.07) is 5.86. The molecule has 0 bridgehead atoms. The van der Waals surface area contributed by atoms with E-state index in [0.717, 1.165) is 22.7 Å². The van der Waals surface area contributed by atoms with Gasteiger partial charge in [-0.3, -0.25) is 0 Å². The fourth-order valence-corrected chi connectivity index (χ4v) is 1.73. The lowest BCUT2D eigenvalue weighted by molar-refractivity contribution is 0.391. The maximum atomic E-state index is 4.99. The van der Waals surface area contributed by atoms with Crippen LogP contribution in [0.25, 0.3) is 5.65 Å². The Morgan fingerprint density at radius 2 is 2.22 bits per heavy atom. The molecule has 18 heavy (non-hydrogen) atoms. The van der Waals surface area contributed by atoms with E-state index < -0.39 is 0 Å².